The predicted molar refractivity (Wildman–Crippen MR) is 113 cm³/mol. The molecule has 1 N–H and O–H groups in total. The van der Waals surface area contributed by atoms with Crippen molar-refractivity contribution in [1.82, 2.24) is 9.88 Å². The van der Waals surface area contributed by atoms with E-state index in [9.17, 15) is 4.79 Å². The van der Waals surface area contributed by atoms with E-state index in [1.807, 2.05) is 42.5 Å². The lowest BCUT2D eigenvalue weighted by molar-refractivity contribution is 0.0944. The second-order valence-electron chi connectivity index (χ2n) is 6.66. The van der Waals surface area contributed by atoms with Crippen molar-refractivity contribution in [2.24, 2.45) is 0 Å². The van der Waals surface area contributed by atoms with Gasteiger partial charge in [-0.1, -0.05) is 60.7 Å². The lowest BCUT2D eigenvalue weighted by Gasteiger charge is -2.18. The zero-order chi connectivity index (χ0) is 18.6. The molecular formula is C23H22N2OS. The minimum atomic E-state index is -0.0166. The summed E-state index contributed by atoms with van der Waals surface area (Å²) in [5.74, 6) is -0.0166. The number of rotatable bonds is 6. The first kappa shape index (κ1) is 17.6. The van der Waals surface area contributed by atoms with Gasteiger partial charge in [-0.15, -0.1) is 11.3 Å². The lowest BCUT2D eigenvalue weighted by atomic mass is 10.1. The quantitative estimate of drug-likeness (QED) is 0.489. The van der Waals surface area contributed by atoms with Crippen LogP contribution >= 0.6 is 11.3 Å². The van der Waals surface area contributed by atoms with Gasteiger partial charge in [0.15, 0.2) is 0 Å². The van der Waals surface area contributed by atoms with Crippen molar-refractivity contribution in [1.29, 1.82) is 0 Å². The van der Waals surface area contributed by atoms with E-state index in [-0.39, 0.29) is 11.9 Å². The highest BCUT2D eigenvalue weighted by molar-refractivity contribution is 7.16. The predicted octanol–water partition coefficient (Wildman–Crippen LogP) is 5.28. The topological polar surface area (TPSA) is 34.0 Å². The smallest absolute Gasteiger partial charge is 0.267 e. The molecule has 0 aliphatic rings. The molecule has 0 aliphatic carbocycles. The van der Waals surface area contributed by atoms with Crippen LogP contribution in [-0.2, 0) is 6.42 Å². The summed E-state index contributed by atoms with van der Waals surface area (Å²) in [6.07, 6.45) is 0.829. The summed E-state index contributed by atoms with van der Waals surface area (Å²) in [5, 5.41) is 6.29. The molecule has 0 saturated heterocycles. The van der Waals surface area contributed by atoms with Crippen LogP contribution in [0.4, 0.5) is 0 Å². The van der Waals surface area contributed by atoms with E-state index in [0.29, 0.717) is 6.54 Å². The second-order valence-corrected chi connectivity index (χ2v) is 7.55. The summed E-state index contributed by atoms with van der Waals surface area (Å²) < 4.78 is 2.16. The summed E-state index contributed by atoms with van der Waals surface area (Å²) in [6, 6.07) is 24.7. The van der Waals surface area contributed by atoms with E-state index in [0.717, 1.165) is 22.3 Å². The van der Waals surface area contributed by atoms with Crippen molar-refractivity contribution >= 4 is 27.5 Å². The van der Waals surface area contributed by atoms with Gasteiger partial charge in [0.05, 0.1) is 6.04 Å². The molecule has 27 heavy (non-hydrogen) atoms. The molecule has 1 amide bonds. The molecule has 3 nitrogen and oxygen atoms in total. The van der Waals surface area contributed by atoms with Gasteiger partial charge in [-0.2, -0.15) is 0 Å². The minimum absolute atomic E-state index is 0.0166. The Hall–Kier alpha value is -2.85. The minimum Gasteiger partial charge on any atom is -0.350 e. The van der Waals surface area contributed by atoms with Gasteiger partial charge in [-0.25, -0.2) is 0 Å². The fourth-order valence-corrected chi connectivity index (χ4v) is 4.42. The molecule has 0 radical (unpaired) electrons. The van der Waals surface area contributed by atoms with Gasteiger partial charge in [-0.05, 0) is 42.0 Å². The summed E-state index contributed by atoms with van der Waals surface area (Å²) in [7, 11) is 0. The third-order valence-corrected chi connectivity index (χ3v) is 5.82. The van der Waals surface area contributed by atoms with Gasteiger partial charge in [0.1, 0.15) is 10.5 Å². The number of benzene rings is 2. The van der Waals surface area contributed by atoms with Crippen LogP contribution in [0.25, 0.3) is 10.2 Å². The molecule has 0 saturated carbocycles. The number of nitrogens with zero attached hydrogens (tertiary/aromatic N) is 1. The molecule has 136 valence electrons. The SMILES string of the molecule is CC(c1ccccc1)n1c(C(=O)NCCc2ccccc2)cc2ccsc21. The van der Waals surface area contributed by atoms with Crippen LogP contribution in [0.15, 0.2) is 78.2 Å². The van der Waals surface area contributed by atoms with Crippen molar-refractivity contribution in [2.75, 3.05) is 6.54 Å². The molecular weight excluding hydrogens is 352 g/mol. The first-order valence-electron chi connectivity index (χ1n) is 9.19. The molecule has 1 atom stereocenters. The molecule has 0 fully saturated rings. The summed E-state index contributed by atoms with van der Waals surface area (Å²) in [6.45, 7) is 2.77. The molecule has 4 aromatic rings. The average Bonchev–Trinajstić information content (AvgIpc) is 3.30. The highest BCUT2D eigenvalue weighted by atomic mass is 32.1. The number of nitrogens with one attached hydrogen (secondary N) is 1. The normalized spacial score (nSPS) is 12.2. The Labute approximate surface area is 163 Å². The van der Waals surface area contributed by atoms with Crippen molar-refractivity contribution in [3.05, 3.63) is 95.0 Å². The Morgan fingerprint density at radius 3 is 2.48 bits per heavy atom. The number of thiophene rings is 1. The number of carbonyl (C=O) groups is 1. The van der Waals surface area contributed by atoms with E-state index >= 15 is 0 Å². The van der Waals surface area contributed by atoms with Gasteiger partial charge in [0.2, 0.25) is 0 Å². The Bertz CT molecular complexity index is 1030. The molecule has 0 spiro atoms. The van der Waals surface area contributed by atoms with Gasteiger partial charge < -0.3 is 9.88 Å². The zero-order valence-corrected chi connectivity index (χ0v) is 16.1. The molecule has 2 aromatic carbocycles. The fraction of sp³-hybridized carbons (Fsp3) is 0.174. The van der Waals surface area contributed by atoms with E-state index in [1.165, 1.54) is 11.1 Å². The third kappa shape index (κ3) is 3.67. The largest absolute Gasteiger partial charge is 0.350 e. The van der Waals surface area contributed by atoms with Crippen LogP contribution < -0.4 is 5.32 Å². The van der Waals surface area contributed by atoms with E-state index < -0.39 is 0 Å². The van der Waals surface area contributed by atoms with Crippen LogP contribution in [0.2, 0.25) is 0 Å². The molecule has 2 aromatic heterocycles. The van der Waals surface area contributed by atoms with Gasteiger partial charge in [0.25, 0.3) is 5.91 Å². The first-order chi connectivity index (χ1) is 13.2. The van der Waals surface area contributed by atoms with Gasteiger partial charge >= 0.3 is 0 Å². The van der Waals surface area contributed by atoms with Crippen molar-refractivity contribution in [3.8, 4) is 0 Å². The summed E-state index contributed by atoms with van der Waals surface area (Å²) in [4.78, 5) is 14.1. The van der Waals surface area contributed by atoms with E-state index in [4.69, 9.17) is 0 Å². The molecule has 1 unspecified atom stereocenters. The van der Waals surface area contributed by atoms with Gasteiger partial charge in [0, 0.05) is 11.9 Å². The first-order valence-corrected chi connectivity index (χ1v) is 10.1. The Morgan fingerprint density at radius 2 is 1.74 bits per heavy atom. The standard InChI is InChI=1S/C23H22N2OS/c1-17(19-10-6-3-7-11-19)25-21(16-20-13-15-27-23(20)25)22(26)24-14-12-18-8-4-2-5-9-18/h2-11,13,15-17H,12,14H2,1H3,(H,24,26). The van der Waals surface area contributed by atoms with E-state index in [2.05, 4.69) is 52.5 Å². The Kier molecular flexibility index (Phi) is 5.07. The van der Waals surface area contributed by atoms with Crippen LogP contribution in [0.1, 0.15) is 34.6 Å². The maximum absolute atomic E-state index is 12.9. The van der Waals surface area contributed by atoms with Crippen LogP contribution in [0, 0.1) is 0 Å². The Morgan fingerprint density at radius 1 is 1.04 bits per heavy atom. The molecule has 2 heterocycles. The van der Waals surface area contributed by atoms with Crippen LogP contribution in [0.3, 0.4) is 0 Å². The summed E-state index contributed by atoms with van der Waals surface area (Å²) >= 11 is 1.68. The maximum atomic E-state index is 12.9. The lowest BCUT2D eigenvalue weighted by Crippen LogP contribution is -2.28. The molecule has 0 bridgehead atoms. The van der Waals surface area contributed by atoms with Crippen molar-refractivity contribution in [3.63, 3.8) is 0 Å². The van der Waals surface area contributed by atoms with Crippen LogP contribution in [-0.4, -0.2) is 17.0 Å². The van der Waals surface area contributed by atoms with Crippen molar-refractivity contribution in [2.45, 2.75) is 19.4 Å². The van der Waals surface area contributed by atoms with E-state index in [1.54, 1.807) is 11.3 Å². The molecule has 0 aliphatic heterocycles. The highest BCUT2D eigenvalue weighted by Gasteiger charge is 2.21. The second kappa shape index (κ2) is 7.80. The highest BCUT2D eigenvalue weighted by Crippen LogP contribution is 2.31. The van der Waals surface area contributed by atoms with Crippen LogP contribution in [0.5, 0.6) is 0 Å². The molecule has 4 rings (SSSR count). The molecule has 4 heteroatoms. The monoisotopic (exact) mass is 374 g/mol. The maximum Gasteiger partial charge on any atom is 0.267 e. The summed E-state index contributed by atoms with van der Waals surface area (Å²) in [5.41, 5.74) is 3.15. The number of aromatic nitrogens is 1. The third-order valence-electron chi connectivity index (χ3n) is 4.89. The average molecular weight is 375 g/mol. The number of carbonyl (C=O) groups excluding carboxylic acids is 1. The number of hydrogen-bond donors (Lipinski definition) is 1. The number of amides is 1. The fourth-order valence-electron chi connectivity index (χ4n) is 3.44. The van der Waals surface area contributed by atoms with Crippen molar-refractivity contribution < 1.29 is 4.79 Å². The van der Waals surface area contributed by atoms with Gasteiger partial charge in [-0.3, -0.25) is 4.79 Å². The zero-order valence-electron chi connectivity index (χ0n) is 15.3. The number of fused-ring (bicyclic) bond motifs is 1. The Balaban J connectivity index is 1.58. The number of hydrogen-bond acceptors (Lipinski definition) is 2.